The highest BCUT2D eigenvalue weighted by molar-refractivity contribution is 9.10. The van der Waals surface area contributed by atoms with Crippen molar-refractivity contribution in [1.82, 2.24) is 4.90 Å². The van der Waals surface area contributed by atoms with Crippen LogP contribution in [0.5, 0.6) is 5.75 Å². The van der Waals surface area contributed by atoms with Crippen molar-refractivity contribution < 1.29 is 17.9 Å². The van der Waals surface area contributed by atoms with Crippen LogP contribution in [0.3, 0.4) is 0 Å². The van der Waals surface area contributed by atoms with E-state index in [1.165, 1.54) is 18.2 Å². The topological polar surface area (TPSA) is 63.7 Å². The van der Waals surface area contributed by atoms with E-state index >= 15 is 0 Å². The Morgan fingerprint density at radius 2 is 2.00 bits per heavy atom. The normalized spacial score (nSPS) is 15.4. The highest BCUT2D eigenvalue weighted by Crippen LogP contribution is 2.29. The van der Waals surface area contributed by atoms with Crippen molar-refractivity contribution in [2.75, 3.05) is 19.7 Å². The summed E-state index contributed by atoms with van der Waals surface area (Å²) in [6, 6.07) is 4.15. The zero-order valence-corrected chi connectivity index (χ0v) is 13.7. The van der Waals surface area contributed by atoms with Crippen LogP contribution in [-0.4, -0.2) is 38.9 Å². The van der Waals surface area contributed by atoms with E-state index in [-0.39, 0.29) is 17.4 Å². The number of ether oxygens (including phenoxy) is 1. The predicted octanol–water partition coefficient (Wildman–Crippen LogP) is 2.38. The number of nitrogens with zero attached hydrogens (tertiary/aromatic N) is 1. The molecule has 1 saturated heterocycles. The maximum atomic E-state index is 11.8. The number of hydrogen-bond acceptors (Lipinski definition) is 4. The lowest BCUT2D eigenvalue weighted by molar-refractivity contribution is -0.132. The lowest BCUT2D eigenvalue weighted by Gasteiger charge is -2.16. The van der Waals surface area contributed by atoms with E-state index < -0.39 is 9.05 Å². The summed E-state index contributed by atoms with van der Waals surface area (Å²) >= 11 is 3.20. The largest absolute Gasteiger partial charge is 0.483 e. The molecule has 8 heteroatoms. The highest BCUT2D eigenvalue weighted by Gasteiger charge is 2.19. The average Bonchev–Trinajstić information content (AvgIpc) is 2.89. The van der Waals surface area contributed by atoms with Crippen molar-refractivity contribution in [3.05, 3.63) is 22.7 Å². The standard InChI is InChI=1S/C12H13BrClNO4S/c13-10-7-9(20(14,17)18)3-4-11(10)19-8-12(16)15-5-1-2-6-15/h3-4,7H,1-2,5-6,8H2. The third-order valence-electron chi connectivity index (χ3n) is 2.99. The summed E-state index contributed by atoms with van der Waals surface area (Å²) in [6.45, 7) is 1.48. The first-order valence-corrected chi connectivity index (χ1v) is 9.13. The predicted molar refractivity (Wildman–Crippen MR) is 78.5 cm³/mol. The van der Waals surface area contributed by atoms with Gasteiger partial charge in [-0.05, 0) is 47.0 Å². The first kappa shape index (κ1) is 15.6. The van der Waals surface area contributed by atoms with Crippen LogP contribution in [0.1, 0.15) is 12.8 Å². The molecule has 1 fully saturated rings. The zero-order chi connectivity index (χ0) is 14.8. The Morgan fingerprint density at radius 1 is 1.35 bits per heavy atom. The van der Waals surface area contributed by atoms with Crippen molar-refractivity contribution in [2.45, 2.75) is 17.7 Å². The molecule has 0 bridgehead atoms. The molecule has 0 N–H and O–H groups in total. The van der Waals surface area contributed by atoms with Crippen LogP contribution >= 0.6 is 26.6 Å². The number of halogens is 2. The van der Waals surface area contributed by atoms with E-state index in [0.29, 0.717) is 10.2 Å². The lowest BCUT2D eigenvalue weighted by Crippen LogP contribution is -2.32. The molecule has 1 aromatic carbocycles. The van der Waals surface area contributed by atoms with Crippen molar-refractivity contribution in [3.8, 4) is 5.75 Å². The minimum atomic E-state index is -3.77. The molecule has 1 aliphatic heterocycles. The molecule has 0 aliphatic carbocycles. The fourth-order valence-electron chi connectivity index (χ4n) is 1.95. The first-order chi connectivity index (χ1) is 9.38. The maximum absolute atomic E-state index is 11.8. The third-order valence-corrected chi connectivity index (χ3v) is 4.97. The van der Waals surface area contributed by atoms with Crippen LogP contribution in [0.4, 0.5) is 0 Å². The van der Waals surface area contributed by atoms with E-state index in [1.807, 2.05) is 0 Å². The molecule has 0 aromatic heterocycles. The van der Waals surface area contributed by atoms with Gasteiger partial charge < -0.3 is 9.64 Å². The number of benzene rings is 1. The maximum Gasteiger partial charge on any atom is 0.261 e. The summed E-state index contributed by atoms with van der Waals surface area (Å²) in [5.41, 5.74) is 0. The van der Waals surface area contributed by atoms with Crippen molar-refractivity contribution in [2.24, 2.45) is 0 Å². The van der Waals surface area contributed by atoms with Crippen molar-refractivity contribution >= 4 is 41.6 Å². The van der Waals surface area contributed by atoms with Gasteiger partial charge in [-0.3, -0.25) is 4.79 Å². The van der Waals surface area contributed by atoms with Gasteiger partial charge in [-0.15, -0.1) is 0 Å². The SMILES string of the molecule is O=C(COc1ccc(S(=O)(=O)Cl)cc1Br)N1CCCC1. The van der Waals surface area contributed by atoms with Gasteiger partial charge in [-0.25, -0.2) is 8.42 Å². The average molecular weight is 383 g/mol. The third kappa shape index (κ3) is 3.86. The molecule has 1 aromatic rings. The number of likely N-dealkylation sites (tertiary alicyclic amines) is 1. The Balaban J connectivity index is 2.01. The van der Waals surface area contributed by atoms with Gasteiger partial charge >= 0.3 is 0 Å². The highest BCUT2D eigenvalue weighted by atomic mass is 79.9. The molecule has 5 nitrogen and oxygen atoms in total. The minimum absolute atomic E-state index is 0.0238. The number of hydrogen-bond donors (Lipinski definition) is 0. The Hall–Kier alpha value is -0.790. The summed E-state index contributed by atoms with van der Waals surface area (Å²) in [4.78, 5) is 13.6. The van der Waals surface area contributed by atoms with Gasteiger partial charge in [0.25, 0.3) is 15.0 Å². The van der Waals surface area contributed by atoms with Gasteiger partial charge in [0, 0.05) is 23.8 Å². The van der Waals surface area contributed by atoms with Crippen LogP contribution in [0.15, 0.2) is 27.6 Å². The molecular formula is C12H13BrClNO4S. The van der Waals surface area contributed by atoms with Gasteiger partial charge in [0.15, 0.2) is 6.61 Å². The molecule has 1 heterocycles. The molecule has 0 spiro atoms. The van der Waals surface area contributed by atoms with Crippen LogP contribution in [0, 0.1) is 0 Å². The van der Waals surface area contributed by atoms with Crippen molar-refractivity contribution in [3.63, 3.8) is 0 Å². The van der Waals surface area contributed by atoms with E-state index in [2.05, 4.69) is 15.9 Å². The molecule has 0 unspecified atom stereocenters. The lowest BCUT2D eigenvalue weighted by atomic mass is 10.3. The zero-order valence-electron chi connectivity index (χ0n) is 10.5. The molecule has 2 rings (SSSR count). The van der Waals surface area contributed by atoms with Gasteiger partial charge in [0.05, 0.1) is 9.37 Å². The Kier molecular flexibility index (Phi) is 4.93. The Morgan fingerprint density at radius 3 is 2.55 bits per heavy atom. The van der Waals surface area contributed by atoms with Crippen LogP contribution in [0.2, 0.25) is 0 Å². The second-order valence-electron chi connectivity index (χ2n) is 4.41. The van der Waals surface area contributed by atoms with Gasteiger partial charge in [0.1, 0.15) is 5.75 Å². The second-order valence-corrected chi connectivity index (χ2v) is 7.83. The molecule has 0 atom stereocenters. The molecule has 1 amide bonds. The number of rotatable bonds is 4. The van der Waals surface area contributed by atoms with Crippen LogP contribution in [-0.2, 0) is 13.8 Å². The van der Waals surface area contributed by atoms with Crippen molar-refractivity contribution in [1.29, 1.82) is 0 Å². The summed E-state index contributed by atoms with van der Waals surface area (Å²) in [6.07, 6.45) is 2.05. The first-order valence-electron chi connectivity index (χ1n) is 6.03. The molecule has 20 heavy (non-hydrogen) atoms. The summed E-state index contributed by atoms with van der Waals surface area (Å²) in [5.74, 6) is 0.338. The van der Waals surface area contributed by atoms with E-state index in [0.717, 1.165) is 25.9 Å². The van der Waals surface area contributed by atoms with Crippen LogP contribution < -0.4 is 4.74 Å². The fraction of sp³-hybridized carbons (Fsp3) is 0.417. The quantitative estimate of drug-likeness (QED) is 0.750. The molecule has 0 radical (unpaired) electrons. The van der Waals surface area contributed by atoms with Gasteiger partial charge in [-0.1, -0.05) is 0 Å². The van der Waals surface area contributed by atoms with Gasteiger partial charge in [-0.2, -0.15) is 0 Å². The summed E-state index contributed by atoms with van der Waals surface area (Å²) in [5, 5.41) is 0. The molecule has 0 saturated carbocycles. The number of amides is 1. The van der Waals surface area contributed by atoms with Gasteiger partial charge in [0.2, 0.25) is 0 Å². The monoisotopic (exact) mass is 381 g/mol. The molecular weight excluding hydrogens is 370 g/mol. The summed E-state index contributed by atoms with van der Waals surface area (Å²) < 4.78 is 28.2. The van der Waals surface area contributed by atoms with E-state index in [1.54, 1.807) is 4.90 Å². The molecule has 110 valence electrons. The molecule has 1 aliphatic rings. The second kappa shape index (κ2) is 6.32. The fourth-order valence-corrected chi connectivity index (χ4v) is 3.37. The summed E-state index contributed by atoms with van der Waals surface area (Å²) in [7, 11) is 1.47. The smallest absolute Gasteiger partial charge is 0.261 e. The Bertz CT molecular complexity index is 614. The Labute approximate surface area is 130 Å². The van der Waals surface area contributed by atoms with E-state index in [9.17, 15) is 13.2 Å². The number of carbonyl (C=O) groups excluding carboxylic acids is 1. The van der Waals surface area contributed by atoms with E-state index in [4.69, 9.17) is 15.4 Å². The van der Waals surface area contributed by atoms with Crippen LogP contribution in [0.25, 0.3) is 0 Å². The number of carbonyl (C=O) groups is 1. The minimum Gasteiger partial charge on any atom is -0.483 e.